The molecule has 21 aliphatic heterocycles. The molecule has 1 aromatic rings. The van der Waals surface area contributed by atoms with Gasteiger partial charge in [0.25, 0.3) is 5.69 Å². The molecule has 89 heavy (non-hydrogen) atoms. The van der Waals surface area contributed by atoms with Gasteiger partial charge in [-0.1, -0.05) is 6.07 Å². The second-order valence-electron chi connectivity index (χ2n) is 22.3. The summed E-state index contributed by atoms with van der Waals surface area (Å²) in [7, 11) is 1.42. The molecular weight excluding hydrogens is 1220 g/mol. The van der Waals surface area contributed by atoms with Gasteiger partial charge < -0.3 is 179 Å². The molecule has 39 heteroatoms. The van der Waals surface area contributed by atoms with Crippen molar-refractivity contribution in [2.24, 2.45) is 0 Å². The van der Waals surface area contributed by atoms with Crippen LogP contribution >= 0.6 is 0 Å². The number of nitrogens with zero attached hydrogens (tertiary/aromatic N) is 1. The molecule has 39 nitrogen and oxygen atoms in total. The molecule has 21 heterocycles. The summed E-state index contributed by atoms with van der Waals surface area (Å²) in [5, 5.41) is 238. The molecule has 0 spiro atoms. The molecule has 14 bridgehead atoms. The number of aliphatic hydroxyl groups excluding tert-OH is 20. The Hall–Kier alpha value is -2.98. The van der Waals surface area contributed by atoms with E-state index in [0.717, 1.165) is 6.07 Å². The van der Waals surface area contributed by atoms with E-state index in [1.807, 2.05) is 0 Å². The van der Waals surface area contributed by atoms with Crippen molar-refractivity contribution in [3.05, 3.63) is 33.9 Å². The van der Waals surface area contributed by atoms with Crippen molar-refractivity contribution in [1.29, 1.82) is 0 Å². The van der Waals surface area contributed by atoms with Crippen molar-refractivity contribution in [2.45, 2.75) is 222 Å². The monoisotopic (exact) mass is 1300 g/mol. The van der Waals surface area contributed by atoms with Crippen LogP contribution in [0.25, 0.3) is 0 Å². The molecule has 0 aliphatic carbocycles. The van der Waals surface area contributed by atoms with E-state index in [1.165, 1.54) is 19.2 Å². The van der Waals surface area contributed by atoms with Gasteiger partial charge in [0.05, 0.1) is 57.8 Å². The minimum Gasteiger partial charge on any atom is -0.394 e. The van der Waals surface area contributed by atoms with Gasteiger partial charge >= 0.3 is 0 Å². The Labute approximate surface area is 502 Å². The number of benzene rings is 1. The molecule has 22 rings (SSSR count). The first-order valence-electron chi connectivity index (χ1n) is 28.3. The summed E-state index contributed by atoms with van der Waals surface area (Å²) >= 11 is 0. The van der Waals surface area contributed by atoms with Crippen LogP contribution in [0.5, 0.6) is 0 Å². The summed E-state index contributed by atoms with van der Waals surface area (Å²) in [4.78, 5) is 11.3. The van der Waals surface area contributed by atoms with Crippen LogP contribution in [0.15, 0.2) is 18.2 Å². The SMILES string of the molecule is CNc1ccc(CO[C@@H]2[C@@H](O)[C@H]3O[C@H]4[C@H](O)[C@@H](O)[C@@H](O[C@H]5[C@H](O)[C@@H](O)[C@@H](O[C@H]6[C@H](O)[C@@H](O)[C@@H](O[C@H]7[C@H](O)[C@@H](O)[C@@H](O[C@H]8[C@H](O)[C@@H](O)[C@@H](O[C@H]9[C@H](O)[C@@H](O)[C@@H](O[C@@H]2[C@@H](CO)O3)O[C@@H]9CO)O[C@@H]8CO)O[C@@H]7CO)O[C@@H]6CO)O[C@@H]5CO)O[C@@H]4CO)cc1[N+](=O)[O-]. The molecule has 0 radical (unpaired) electrons. The zero-order valence-electron chi connectivity index (χ0n) is 46.9. The third-order valence-corrected chi connectivity index (χ3v) is 16.7. The zero-order chi connectivity index (χ0) is 64.6. The first kappa shape index (κ1) is 70.3. The molecule has 21 saturated heterocycles. The Morgan fingerprint density at radius 3 is 0.843 bits per heavy atom. The van der Waals surface area contributed by atoms with Crippen LogP contribution in [0.2, 0.25) is 0 Å². The van der Waals surface area contributed by atoms with Crippen LogP contribution in [0, 0.1) is 10.1 Å². The maximum absolute atomic E-state index is 12.1. The van der Waals surface area contributed by atoms with Gasteiger partial charge in [0.2, 0.25) is 0 Å². The van der Waals surface area contributed by atoms with Crippen LogP contribution in [-0.2, 0) is 77.7 Å². The lowest BCUT2D eigenvalue weighted by atomic mass is 9.95. The summed E-state index contributed by atoms with van der Waals surface area (Å²) in [6, 6.07) is 3.84. The lowest BCUT2D eigenvalue weighted by Gasteiger charge is -2.50. The summed E-state index contributed by atoms with van der Waals surface area (Å²) in [5.41, 5.74) is -0.228. The van der Waals surface area contributed by atoms with E-state index in [4.69, 9.17) is 71.1 Å². The summed E-state index contributed by atoms with van der Waals surface area (Å²) in [5.74, 6) is 0. The zero-order valence-corrected chi connectivity index (χ0v) is 46.9. The number of aliphatic hydroxyl groups is 20. The van der Waals surface area contributed by atoms with Gasteiger partial charge in [0.15, 0.2) is 44.0 Å². The van der Waals surface area contributed by atoms with Crippen LogP contribution in [0.4, 0.5) is 11.4 Å². The third kappa shape index (κ3) is 14.2. The molecular formula is C50H78N2O37. The number of rotatable bonds is 12. The van der Waals surface area contributed by atoms with Crippen LogP contribution < -0.4 is 5.32 Å². The molecule has 35 atom stereocenters. The average molecular weight is 1300 g/mol. The van der Waals surface area contributed by atoms with Crippen LogP contribution in [0.3, 0.4) is 0 Å². The molecule has 1 aromatic carbocycles. The Balaban J connectivity index is 1.04. The predicted octanol–water partition coefficient (Wildman–Crippen LogP) is -13.1. The number of nitro groups is 1. The summed E-state index contributed by atoms with van der Waals surface area (Å²) in [6.07, 6.45) is -71.3. The lowest BCUT2D eigenvalue weighted by molar-refractivity contribution is -0.398. The fourth-order valence-electron chi connectivity index (χ4n) is 11.8. The summed E-state index contributed by atoms with van der Waals surface area (Å²) < 4.78 is 87.3. The fraction of sp³-hybridized carbons (Fsp3) is 0.880. The topological polar surface area (TPSA) is 598 Å². The first-order chi connectivity index (χ1) is 42.5. The molecule has 0 unspecified atom stereocenters. The Morgan fingerprint density at radius 2 is 0.607 bits per heavy atom. The van der Waals surface area contributed by atoms with Gasteiger partial charge in [-0.15, -0.1) is 0 Å². The van der Waals surface area contributed by atoms with Gasteiger partial charge in [-0.2, -0.15) is 0 Å². The second kappa shape index (κ2) is 30.2. The number of anilines is 1. The maximum Gasteiger partial charge on any atom is 0.292 e. The number of nitrogens with one attached hydrogen (secondary N) is 1. The lowest BCUT2D eigenvalue weighted by Crippen LogP contribution is -2.68. The highest BCUT2D eigenvalue weighted by Gasteiger charge is 2.60. The highest BCUT2D eigenvalue weighted by molar-refractivity contribution is 5.62. The molecule has 0 saturated carbocycles. The van der Waals surface area contributed by atoms with E-state index in [-0.39, 0.29) is 11.3 Å². The Kier molecular flexibility index (Phi) is 23.9. The second-order valence-corrected chi connectivity index (χ2v) is 22.3. The van der Waals surface area contributed by atoms with Crippen LogP contribution in [0.1, 0.15) is 5.56 Å². The van der Waals surface area contributed by atoms with Crippen molar-refractivity contribution < 1.29 is 178 Å². The van der Waals surface area contributed by atoms with E-state index in [9.17, 15) is 112 Å². The van der Waals surface area contributed by atoms with E-state index < -0.39 is 278 Å². The number of ether oxygens (including phenoxy) is 15. The van der Waals surface area contributed by atoms with Gasteiger partial charge in [-0.05, 0) is 11.6 Å². The van der Waals surface area contributed by atoms with E-state index >= 15 is 0 Å². The van der Waals surface area contributed by atoms with Gasteiger partial charge in [0, 0.05) is 13.1 Å². The number of hydrogen-bond donors (Lipinski definition) is 21. The standard InChI is InChI=1S/C50H78N2O37/c1-51-14-3-2-13(4-15(14)52(73)74)12-75-43-35(72)50-82-22(11-59)42(43)89-49-34(71)28(65)40(20(9-57)81-49)87-47-32(69)26(63)38(18(7-55)79-47)85-45-30(67)24(61)36(16(5-53)77-45)83-44-29(66)23(60)37(17(6-54)76-44)84-46-31(68)25(62)39(19(8-56)78-46)86-48-33(70)27(64)41(88-50)21(10-58)80-48/h2-4,16-51,53-72H,5-12H2,1H3/t16-,17-,18-,19-,20-,21-,22-,23-,24-,25-,26-,27-,28-,29-,30-,31-,32-,33-,34-,35-,36-,37-,38-,39-,40-,41-,42-,43-,44-,45-,46-,47-,48-,49-,50-/m1/s1. The third-order valence-electron chi connectivity index (χ3n) is 16.7. The number of hydrogen-bond acceptors (Lipinski definition) is 38. The van der Waals surface area contributed by atoms with Gasteiger partial charge in [0.1, 0.15) is 177 Å². The fourth-order valence-corrected chi connectivity index (χ4v) is 11.8. The Morgan fingerprint density at radius 1 is 0.371 bits per heavy atom. The predicted molar refractivity (Wildman–Crippen MR) is 274 cm³/mol. The molecule has 21 N–H and O–H groups in total. The first-order valence-corrected chi connectivity index (χ1v) is 28.3. The molecule has 21 fully saturated rings. The largest absolute Gasteiger partial charge is 0.394 e. The van der Waals surface area contributed by atoms with Crippen molar-refractivity contribution in [3.8, 4) is 0 Å². The molecule has 21 aliphatic rings. The molecule has 510 valence electrons. The van der Waals surface area contributed by atoms with Crippen molar-refractivity contribution in [3.63, 3.8) is 0 Å². The molecule has 0 amide bonds. The maximum atomic E-state index is 12.1. The highest BCUT2D eigenvalue weighted by atomic mass is 16.8. The van der Waals surface area contributed by atoms with Crippen molar-refractivity contribution in [1.82, 2.24) is 0 Å². The van der Waals surface area contributed by atoms with Crippen LogP contribution in [-0.4, -0.2) is 375 Å². The van der Waals surface area contributed by atoms with E-state index in [2.05, 4.69) is 5.32 Å². The minimum atomic E-state index is -2.27. The quantitative estimate of drug-likeness (QED) is 0.0682. The van der Waals surface area contributed by atoms with Gasteiger partial charge in [-0.25, -0.2) is 0 Å². The van der Waals surface area contributed by atoms with Crippen molar-refractivity contribution >= 4 is 11.4 Å². The minimum absolute atomic E-state index is 0.0903. The van der Waals surface area contributed by atoms with Gasteiger partial charge in [-0.3, -0.25) is 10.1 Å². The van der Waals surface area contributed by atoms with Crippen molar-refractivity contribution in [2.75, 3.05) is 58.6 Å². The molecule has 0 aromatic heterocycles. The Bertz CT molecular complexity index is 2400. The normalized spacial score (nSPS) is 49.4. The van der Waals surface area contributed by atoms with E-state index in [1.54, 1.807) is 0 Å². The highest BCUT2D eigenvalue weighted by Crippen LogP contribution is 2.40. The average Bonchev–Trinajstić information content (AvgIpc) is 1.29. The smallest absolute Gasteiger partial charge is 0.292 e. The summed E-state index contributed by atoms with van der Waals surface area (Å²) in [6.45, 7) is -8.16. The number of nitro benzene ring substituents is 1. The van der Waals surface area contributed by atoms with E-state index in [0.29, 0.717) is 0 Å².